The summed E-state index contributed by atoms with van der Waals surface area (Å²) in [6.07, 6.45) is 1.29. The lowest BCUT2D eigenvalue weighted by Crippen LogP contribution is -2.43. The van der Waals surface area contributed by atoms with Crippen molar-refractivity contribution in [3.8, 4) is 5.69 Å². The van der Waals surface area contributed by atoms with Gasteiger partial charge in [0.05, 0.1) is 18.5 Å². The lowest BCUT2D eigenvalue weighted by atomic mass is 10.1. The van der Waals surface area contributed by atoms with E-state index in [0.717, 1.165) is 29.1 Å². The third kappa shape index (κ3) is 4.59. The molecule has 1 N–H and O–H groups in total. The van der Waals surface area contributed by atoms with Gasteiger partial charge in [0.15, 0.2) is 0 Å². The zero-order valence-electron chi connectivity index (χ0n) is 17.8. The van der Waals surface area contributed by atoms with Gasteiger partial charge in [0.2, 0.25) is 0 Å². The molecule has 0 spiro atoms. The first-order valence-electron chi connectivity index (χ1n) is 10.0. The highest BCUT2D eigenvalue weighted by Gasteiger charge is 2.22. The molecule has 30 heavy (non-hydrogen) atoms. The minimum atomic E-state index is -0.757. The van der Waals surface area contributed by atoms with Crippen LogP contribution in [0.15, 0.2) is 54.6 Å². The molecule has 1 heterocycles. The Bertz CT molecular complexity index is 1020. The summed E-state index contributed by atoms with van der Waals surface area (Å²) in [6, 6.07) is 16.0. The molecule has 0 fully saturated rings. The Morgan fingerprint density at radius 3 is 2.30 bits per heavy atom. The van der Waals surface area contributed by atoms with Gasteiger partial charge in [0.1, 0.15) is 6.04 Å². The van der Waals surface area contributed by atoms with Crippen LogP contribution in [0.4, 0.5) is 0 Å². The molecule has 0 radical (unpaired) electrons. The van der Waals surface area contributed by atoms with Crippen LogP contribution in [-0.4, -0.2) is 34.8 Å². The molecule has 1 atom stereocenters. The molecule has 1 unspecified atom stereocenters. The first kappa shape index (κ1) is 21.3. The van der Waals surface area contributed by atoms with Crippen molar-refractivity contribution in [3.05, 3.63) is 82.7 Å². The largest absolute Gasteiger partial charge is 0.467 e. The van der Waals surface area contributed by atoms with Crippen molar-refractivity contribution in [2.75, 3.05) is 7.11 Å². The Labute approximate surface area is 176 Å². The van der Waals surface area contributed by atoms with E-state index in [1.54, 1.807) is 12.1 Å². The third-order valence-electron chi connectivity index (χ3n) is 5.24. The van der Waals surface area contributed by atoms with Gasteiger partial charge in [-0.25, -0.2) is 9.48 Å². The monoisotopic (exact) mass is 405 g/mol. The van der Waals surface area contributed by atoms with Crippen LogP contribution in [-0.2, 0) is 22.4 Å². The molecule has 0 saturated heterocycles. The van der Waals surface area contributed by atoms with E-state index in [-0.39, 0.29) is 5.91 Å². The smallest absolute Gasteiger partial charge is 0.328 e. The number of esters is 1. The van der Waals surface area contributed by atoms with E-state index < -0.39 is 12.0 Å². The molecular weight excluding hydrogens is 378 g/mol. The normalized spacial score (nSPS) is 11.7. The lowest BCUT2D eigenvalue weighted by Gasteiger charge is -2.17. The number of hydrogen-bond donors (Lipinski definition) is 1. The standard InChI is InChI=1S/C24H27N3O3/c1-5-21-16(2)26-27(17(21)3)20-13-11-19(12-14-20)23(28)25-22(24(29)30-4)15-18-9-7-6-8-10-18/h6-14,22H,5,15H2,1-4H3,(H,25,28). The second-order valence-corrected chi connectivity index (χ2v) is 7.20. The van der Waals surface area contributed by atoms with Crippen molar-refractivity contribution in [2.45, 2.75) is 39.7 Å². The van der Waals surface area contributed by atoms with E-state index in [2.05, 4.69) is 17.3 Å². The Balaban J connectivity index is 1.76. The van der Waals surface area contributed by atoms with Crippen LogP contribution in [0.3, 0.4) is 0 Å². The van der Waals surface area contributed by atoms with Crippen molar-refractivity contribution in [2.24, 2.45) is 0 Å². The molecule has 3 rings (SSSR count). The van der Waals surface area contributed by atoms with Crippen molar-refractivity contribution >= 4 is 11.9 Å². The van der Waals surface area contributed by atoms with Crippen LogP contribution in [0.25, 0.3) is 5.69 Å². The molecule has 1 aromatic heterocycles. The maximum atomic E-state index is 12.7. The van der Waals surface area contributed by atoms with Crippen molar-refractivity contribution < 1.29 is 14.3 Å². The van der Waals surface area contributed by atoms with Crippen molar-refractivity contribution in [1.82, 2.24) is 15.1 Å². The van der Waals surface area contributed by atoms with Crippen LogP contribution in [0, 0.1) is 13.8 Å². The Morgan fingerprint density at radius 1 is 1.07 bits per heavy atom. The third-order valence-corrected chi connectivity index (χ3v) is 5.24. The molecule has 0 aliphatic carbocycles. The summed E-state index contributed by atoms with van der Waals surface area (Å²) in [4.78, 5) is 24.9. The molecule has 0 aliphatic heterocycles. The summed E-state index contributed by atoms with van der Waals surface area (Å²) in [5, 5.41) is 7.40. The summed E-state index contributed by atoms with van der Waals surface area (Å²) in [6.45, 7) is 6.16. The van der Waals surface area contributed by atoms with Crippen LogP contribution < -0.4 is 5.32 Å². The van der Waals surface area contributed by atoms with Crippen molar-refractivity contribution in [1.29, 1.82) is 0 Å². The predicted molar refractivity (Wildman–Crippen MR) is 116 cm³/mol. The fourth-order valence-electron chi connectivity index (χ4n) is 3.62. The number of hydrogen-bond acceptors (Lipinski definition) is 4. The molecule has 6 nitrogen and oxygen atoms in total. The average Bonchev–Trinajstić information content (AvgIpc) is 3.06. The van der Waals surface area contributed by atoms with E-state index >= 15 is 0 Å². The quantitative estimate of drug-likeness (QED) is 0.610. The summed E-state index contributed by atoms with van der Waals surface area (Å²) < 4.78 is 6.76. The summed E-state index contributed by atoms with van der Waals surface area (Å²) in [7, 11) is 1.32. The summed E-state index contributed by atoms with van der Waals surface area (Å²) in [5.74, 6) is -0.797. The zero-order chi connectivity index (χ0) is 21.7. The van der Waals surface area contributed by atoms with Gasteiger partial charge < -0.3 is 10.1 Å². The van der Waals surface area contributed by atoms with Gasteiger partial charge >= 0.3 is 5.97 Å². The first-order valence-corrected chi connectivity index (χ1v) is 10.0. The van der Waals surface area contributed by atoms with Crippen LogP contribution in [0.1, 0.15) is 39.8 Å². The number of benzene rings is 2. The molecular formula is C24H27N3O3. The lowest BCUT2D eigenvalue weighted by molar-refractivity contribution is -0.142. The fraction of sp³-hybridized carbons (Fsp3) is 0.292. The number of aryl methyl sites for hydroxylation is 1. The average molecular weight is 405 g/mol. The fourth-order valence-corrected chi connectivity index (χ4v) is 3.62. The van der Waals surface area contributed by atoms with Crippen LogP contribution in [0.2, 0.25) is 0 Å². The summed E-state index contributed by atoms with van der Waals surface area (Å²) in [5.41, 5.74) is 5.65. The molecule has 3 aromatic rings. The maximum Gasteiger partial charge on any atom is 0.328 e. The topological polar surface area (TPSA) is 73.2 Å². The second kappa shape index (κ2) is 9.39. The number of carbonyl (C=O) groups is 2. The number of methoxy groups -OCH3 is 1. The van der Waals surface area contributed by atoms with Gasteiger partial charge in [-0.05, 0) is 55.7 Å². The molecule has 0 saturated carbocycles. The Hall–Kier alpha value is -3.41. The number of ether oxygens (including phenoxy) is 1. The number of amides is 1. The van der Waals surface area contributed by atoms with Gasteiger partial charge in [-0.15, -0.1) is 0 Å². The highest BCUT2D eigenvalue weighted by Crippen LogP contribution is 2.19. The molecule has 156 valence electrons. The van der Waals surface area contributed by atoms with Crippen molar-refractivity contribution in [3.63, 3.8) is 0 Å². The predicted octanol–water partition coefficient (Wildman–Crippen LogP) is 3.57. The van der Waals surface area contributed by atoms with E-state index in [0.29, 0.717) is 12.0 Å². The molecule has 2 aromatic carbocycles. The van der Waals surface area contributed by atoms with E-state index in [9.17, 15) is 9.59 Å². The minimum Gasteiger partial charge on any atom is -0.467 e. The van der Waals surface area contributed by atoms with E-state index in [4.69, 9.17) is 4.74 Å². The number of aromatic nitrogens is 2. The Morgan fingerprint density at radius 2 is 1.73 bits per heavy atom. The van der Waals surface area contributed by atoms with E-state index in [1.165, 1.54) is 12.7 Å². The maximum absolute atomic E-state index is 12.7. The molecule has 6 heteroatoms. The van der Waals surface area contributed by atoms with Gasteiger partial charge in [-0.3, -0.25) is 4.79 Å². The molecule has 0 bridgehead atoms. The van der Waals surface area contributed by atoms with Crippen LogP contribution >= 0.6 is 0 Å². The Kier molecular flexibility index (Phi) is 6.67. The SMILES string of the molecule is CCc1c(C)nn(-c2ccc(C(=O)NC(Cc3ccccc3)C(=O)OC)cc2)c1C. The highest BCUT2D eigenvalue weighted by atomic mass is 16.5. The summed E-state index contributed by atoms with van der Waals surface area (Å²) >= 11 is 0. The van der Waals surface area contributed by atoms with Gasteiger partial charge in [-0.1, -0.05) is 37.3 Å². The number of nitrogens with one attached hydrogen (secondary N) is 1. The second-order valence-electron chi connectivity index (χ2n) is 7.20. The number of rotatable bonds is 7. The number of nitrogens with zero attached hydrogens (tertiary/aromatic N) is 2. The number of carbonyl (C=O) groups excluding carboxylic acids is 2. The minimum absolute atomic E-state index is 0.324. The molecule has 0 aliphatic rings. The van der Waals surface area contributed by atoms with Gasteiger partial charge in [-0.2, -0.15) is 5.10 Å². The van der Waals surface area contributed by atoms with Gasteiger partial charge in [0, 0.05) is 17.7 Å². The zero-order valence-corrected chi connectivity index (χ0v) is 17.8. The molecule has 1 amide bonds. The highest BCUT2D eigenvalue weighted by molar-refractivity contribution is 5.97. The van der Waals surface area contributed by atoms with Crippen LogP contribution in [0.5, 0.6) is 0 Å². The van der Waals surface area contributed by atoms with Gasteiger partial charge in [0.25, 0.3) is 5.91 Å². The van der Waals surface area contributed by atoms with E-state index in [1.807, 2.05) is 61.0 Å². The first-order chi connectivity index (χ1) is 14.4.